The van der Waals surface area contributed by atoms with Crippen molar-refractivity contribution in [3.63, 3.8) is 0 Å². The number of hydrogen-bond donors (Lipinski definition) is 3. The van der Waals surface area contributed by atoms with Crippen LogP contribution < -0.4 is 10.1 Å². The number of aliphatic hydroxyl groups excluding tert-OH is 1. The van der Waals surface area contributed by atoms with Crippen molar-refractivity contribution < 1.29 is 53.1 Å². The van der Waals surface area contributed by atoms with Gasteiger partial charge in [0.1, 0.15) is 28.8 Å². The van der Waals surface area contributed by atoms with E-state index in [-0.39, 0.29) is 37.7 Å². The fourth-order valence-corrected chi connectivity index (χ4v) is 7.49. The number of ether oxygens (including phenoxy) is 5. The van der Waals surface area contributed by atoms with Gasteiger partial charge in [-0.25, -0.2) is 14.4 Å². The molecule has 2 aliphatic carbocycles. The van der Waals surface area contributed by atoms with Crippen LogP contribution in [0.5, 0.6) is 5.75 Å². The smallest absolute Gasteiger partial charge is 0.408 e. The summed E-state index contributed by atoms with van der Waals surface area (Å²) in [5, 5.41) is 24.9. The van der Waals surface area contributed by atoms with E-state index in [1.165, 1.54) is 6.92 Å². The van der Waals surface area contributed by atoms with Gasteiger partial charge in [0.2, 0.25) is 0 Å². The van der Waals surface area contributed by atoms with Crippen LogP contribution in [0.15, 0.2) is 24.0 Å². The molecule has 5 rings (SSSR count). The van der Waals surface area contributed by atoms with E-state index < -0.39 is 64.5 Å². The Morgan fingerprint density at radius 3 is 2.42 bits per heavy atom. The van der Waals surface area contributed by atoms with Gasteiger partial charge in [0.25, 0.3) is 0 Å². The predicted molar refractivity (Wildman–Crippen MR) is 171 cm³/mol. The lowest BCUT2D eigenvalue weighted by molar-refractivity contribution is -0.176. The molecule has 0 radical (unpaired) electrons. The molecule has 2 bridgehead atoms. The standard InChI is InChI=1S/C35H48N2O11/c1-19(44-30(41)22(36-31(42)48-33(5,6)7)11-12-25(39)47-32(2,3)4)29(40)45-23-13-14-35(43)24-17-20-9-10-21(18-38)27-26(20)34(35,28(23)46-27)15-16-37(24)8/h9-10,13,19,22,24,28,38,43H,11-12,14-18H2,1-8H3,(H,36,42)/t19-,22-,24+,28-,34-,35+/m0/s1. The molecule has 1 amide bonds. The van der Waals surface area contributed by atoms with Crippen molar-refractivity contribution in [2.45, 2.75) is 134 Å². The average Bonchev–Trinajstić information content (AvgIpc) is 3.32. The molecular weight excluding hydrogens is 624 g/mol. The van der Waals surface area contributed by atoms with Crippen molar-refractivity contribution in [2.75, 3.05) is 13.6 Å². The highest BCUT2D eigenvalue weighted by Gasteiger charge is 2.72. The number of likely N-dealkylation sites (N-methyl/N-ethyl adjacent to an activating group) is 1. The SMILES string of the molecule is C[C@H](OC(=O)[C@H](CCC(=O)OC(C)(C)C)NC(=O)OC(C)(C)C)C(=O)OC1=CC[C@@]2(O)[C@H]3Cc4ccc(CO)c5c4[C@@]2(CCN3C)[C@H]1O5. The highest BCUT2D eigenvalue weighted by molar-refractivity contribution is 5.85. The molecule has 13 heteroatoms. The molecule has 0 saturated carbocycles. The van der Waals surface area contributed by atoms with Crippen LogP contribution in [0.4, 0.5) is 4.79 Å². The Bertz CT molecular complexity index is 1510. The molecule has 4 aliphatic rings. The number of carbonyl (C=O) groups excluding carboxylic acids is 4. The van der Waals surface area contributed by atoms with E-state index in [4.69, 9.17) is 23.7 Å². The van der Waals surface area contributed by atoms with Crippen LogP contribution in [0.3, 0.4) is 0 Å². The molecule has 264 valence electrons. The van der Waals surface area contributed by atoms with E-state index in [9.17, 15) is 29.4 Å². The number of hydrogen-bond acceptors (Lipinski definition) is 12. The molecule has 1 saturated heterocycles. The van der Waals surface area contributed by atoms with Gasteiger partial charge in [-0.1, -0.05) is 12.1 Å². The molecule has 2 aliphatic heterocycles. The van der Waals surface area contributed by atoms with Crippen LogP contribution in [-0.2, 0) is 51.8 Å². The molecule has 1 aromatic rings. The summed E-state index contributed by atoms with van der Waals surface area (Å²) >= 11 is 0. The van der Waals surface area contributed by atoms with Crippen LogP contribution in [0, 0.1) is 0 Å². The minimum Gasteiger partial charge on any atom is -0.481 e. The number of alkyl carbamates (subject to hydrolysis) is 1. The first-order valence-electron chi connectivity index (χ1n) is 16.5. The van der Waals surface area contributed by atoms with Gasteiger partial charge in [-0.05, 0) is 93.0 Å². The fourth-order valence-electron chi connectivity index (χ4n) is 7.49. The van der Waals surface area contributed by atoms with E-state index >= 15 is 0 Å². The number of amides is 1. The quantitative estimate of drug-likeness (QED) is 0.259. The molecule has 3 N–H and O–H groups in total. The third kappa shape index (κ3) is 6.51. The van der Waals surface area contributed by atoms with Crippen LogP contribution in [0.2, 0.25) is 0 Å². The average molecular weight is 673 g/mol. The number of esters is 3. The first kappa shape index (κ1) is 35.6. The third-order valence-electron chi connectivity index (χ3n) is 9.50. The third-order valence-corrected chi connectivity index (χ3v) is 9.50. The zero-order valence-corrected chi connectivity index (χ0v) is 29.0. The Morgan fingerprint density at radius 2 is 1.77 bits per heavy atom. The van der Waals surface area contributed by atoms with Gasteiger partial charge in [0.15, 0.2) is 12.2 Å². The van der Waals surface area contributed by atoms with E-state index in [0.717, 1.165) is 11.1 Å². The molecule has 0 unspecified atom stereocenters. The summed E-state index contributed by atoms with van der Waals surface area (Å²) in [5.41, 5.74) is -1.26. The van der Waals surface area contributed by atoms with Crippen molar-refractivity contribution in [2.24, 2.45) is 0 Å². The van der Waals surface area contributed by atoms with Crippen molar-refractivity contribution in [1.29, 1.82) is 0 Å². The van der Waals surface area contributed by atoms with Gasteiger partial charge in [-0.3, -0.25) is 4.79 Å². The number of carbonyl (C=O) groups is 4. The summed E-state index contributed by atoms with van der Waals surface area (Å²) in [4.78, 5) is 53.8. The number of nitrogens with one attached hydrogen (secondary N) is 1. The van der Waals surface area contributed by atoms with Crippen LogP contribution in [0.1, 0.15) is 90.8 Å². The molecule has 1 aromatic carbocycles. The highest BCUT2D eigenvalue weighted by Crippen LogP contribution is 2.64. The zero-order chi connectivity index (χ0) is 35.4. The van der Waals surface area contributed by atoms with Crippen LogP contribution in [0.25, 0.3) is 0 Å². The molecule has 48 heavy (non-hydrogen) atoms. The predicted octanol–water partition coefficient (Wildman–Crippen LogP) is 2.95. The number of rotatable bonds is 9. The van der Waals surface area contributed by atoms with E-state index in [2.05, 4.69) is 10.2 Å². The lowest BCUT2D eigenvalue weighted by atomic mass is 9.50. The topological polar surface area (TPSA) is 170 Å². The summed E-state index contributed by atoms with van der Waals surface area (Å²) in [6.07, 6.45) is -0.532. The molecule has 2 heterocycles. The molecule has 0 aromatic heterocycles. The van der Waals surface area contributed by atoms with Crippen LogP contribution >= 0.6 is 0 Å². The molecule has 13 nitrogen and oxygen atoms in total. The zero-order valence-electron chi connectivity index (χ0n) is 29.0. The first-order valence-corrected chi connectivity index (χ1v) is 16.5. The normalized spacial score (nSPS) is 27.0. The van der Waals surface area contributed by atoms with E-state index in [0.29, 0.717) is 30.7 Å². The Balaban J connectivity index is 1.33. The Hall–Kier alpha value is -3.68. The summed E-state index contributed by atoms with van der Waals surface area (Å²) in [7, 11) is 1.99. The Morgan fingerprint density at radius 1 is 1.08 bits per heavy atom. The highest BCUT2D eigenvalue weighted by atomic mass is 16.6. The lowest BCUT2D eigenvalue weighted by Gasteiger charge is -2.61. The molecule has 1 fully saturated rings. The molecule has 6 atom stereocenters. The second-order valence-corrected chi connectivity index (χ2v) is 15.2. The second kappa shape index (κ2) is 12.6. The molecular formula is C35H48N2O11. The number of aliphatic hydroxyl groups is 2. The maximum absolute atomic E-state index is 13.5. The monoisotopic (exact) mass is 672 g/mol. The van der Waals surface area contributed by atoms with Gasteiger partial charge in [0, 0.05) is 30.0 Å². The number of benzene rings is 1. The maximum Gasteiger partial charge on any atom is 0.408 e. The van der Waals surface area contributed by atoms with Gasteiger partial charge in [-0.15, -0.1) is 0 Å². The Labute approximate surface area is 280 Å². The summed E-state index contributed by atoms with van der Waals surface area (Å²) in [5.74, 6) is -1.73. The molecule has 1 spiro atoms. The van der Waals surface area contributed by atoms with Crippen molar-refractivity contribution in [1.82, 2.24) is 10.2 Å². The minimum atomic E-state index is -1.41. The van der Waals surface area contributed by atoms with E-state index in [1.54, 1.807) is 47.6 Å². The van der Waals surface area contributed by atoms with Gasteiger partial charge in [0.05, 0.1) is 17.6 Å². The maximum atomic E-state index is 13.5. The number of piperidine rings is 1. The van der Waals surface area contributed by atoms with Crippen molar-refractivity contribution in [3.8, 4) is 5.75 Å². The Kier molecular flexibility index (Phi) is 9.39. The van der Waals surface area contributed by atoms with Crippen LogP contribution in [-0.4, -0.2) is 93.8 Å². The second-order valence-electron chi connectivity index (χ2n) is 15.2. The number of likely N-dealkylation sites (tertiary alicyclic amines) is 1. The summed E-state index contributed by atoms with van der Waals surface area (Å²) in [6, 6.07) is 2.27. The van der Waals surface area contributed by atoms with Crippen molar-refractivity contribution in [3.05, 3.63) is 40.7 Å². The minimum absolute atomic E-state index is 0.166. The fraction of sp³-hybridized carbons (Fsp3) is 0.657. The number of nitrogens with zero attached hydrogens (tertiary/aromatic N) is 1. The van der Waals surface area contributed by atoms with Gasteiger partial charge < -0.3 is 44.1 Å². The summed E-state index contributed by atoms with van der Waals surface area (Å²) < 4.78 is 28.4. The first-order chi connectivity index (χ1) is 22.3. The van der Waals surface area contributed by atoms with Gasteiger partial charge >= 0.3 is 24.0 Å². The van der Waals surface area contributed by atoms with Gasteiger partial charge in [-0.2, -0.15) is 0 Å². The summed E-state index contributed by atoms with van der Waals surface area (Å²) in [6.45, 7) is 11.9. The van der Waals surface area contributed by atoms with Crippen molar-refractivity contribution >= 4 is 24.0 Å². The largest absolute Gasteiger partial charge is 0.481 e. The van der Waals surface area contributed by atoms with E-state index in [1.807, 2.05) is 19.2 Å². The lowest BCUT2D eigenvalue weighted by Crippen LogP contribution is -2.74.